The highest BCUT2D eigenvalue weighted by atomic mass is 32.1. The molecular formula is C15H16N4OS. The summed E-state index contributed by atoms with van der Waals surface area (Å²) in [7, 11) is 0. The lowest BCUT2D eigenvalue weighted by Crippen LogP contribution is -2.31. The molecular weight excluding hydrogens is 284 g/mol. The molecule has 2 atom stereocenters. The molecule has 0 bridgehead atoms. The number of anilines is 1. The van der Waals surface area contributed by atoms with E-state index in [1.807, 2.05) is 29.6 Å². The number of aliphatic hydroxyl groups excluding tert-OH is 1. The SMILES string of the molecule is N#Cc1ccc(N2CCCC2CC(O)c2cccs2)nn1. The fourth-order valence-electron chi connectivity index (χ4n) is 2.78. The van der Waals surface area contributed by atoms with E-state index in [-0.39, 0.29) is 6.04 Å². The zero-order valence-electron chi connectivity index (χ0n) is 11.5. The average Bonchev–Trinajstić information content (AvgIpc) is 3.19. The first-order valence-corrected chi connectivity index (χ1v) is 7.88. The van der Waals surface area contributed by atoms with E-state index in [1.165, 1.54) is 0 Å². The summed E-state index contributed by atoms with van der Waals surface area (Å²) in [5, 5.41) is 29.1. The van der Waals surface area contributed by atoms with Crippen molar-refractivity contribution in [1.82, 2.24) is 10.2 Å². The van der Waals surface area contributed by atoms with Crippen LogP contribution in [0.1, 0.15) is 35.9 Å². The summed E-state index contributed by atoms with van der Waals surface area (Å²) in [6.07, 6.45) is 2.40. The van der Waals surface area contributed by atoms with Gasteiger partial charge in [0.05, 0.1) is 6.10 Å². The van der Waals surface area contributed by atoms with Crippen LogP contribution in [0.2, 0.25) is 0 Å². The fourth-order valence-corrected chi connectivity index (χ4v) is 3.50. The number of thiophene rings is 1. The van der Waals surface area contributed by atoms with Crippen molar-refractivity contribution in [2.75, 3.05) is 11.4 Å². The highest BCUT2D eigenvalue weighted by Gasteiger charge is 2.28. The lowest BCUT2D eigenvalue weighted by molar-refractivity contribution is 0.161. The van der Waals surface area contributed by atoms with Crippen LogP contribution in [-0.2, 0) is 0 Å². The summed E-state index contributed by atoms with van der Waals surface area (Å²) >= 11 is 1.58. The minimum Gasteiger partial charge on any atom is -0.387 e. The molecule has 1 saturated heterocycles. The molecule has 3 rings (SSSR count). The lowest BCUT2D eigenvalue weighted by Gasteiger charge is -2.26. The predicted octanol–water partition coefficient (Wildman–Crippen LogP) is 2.50. The molecule has 1 fully saturated rings. The Morgan fingerprint density at radius 2 is 2.33 bits per heavy atom. The smallest absolute Gasteiger partial charge is 0.163 e. The van der Waals surface area contributed by atoms with Crippen molar-refractivity contribution >= 4 is 17.2 Å². The first-order valence-electron chi connectivity index (χ1n) is 7.00. The Hall–Kier alpha value is -1.97. The molecule has 0 aliphatic carbocycles. The maximum atomic E-state index is 10.3. The van der Waals surface area contributed by atoms with E-state index < -0.39 is 6.10 Å². The number of hydrogen-bond acceptors (Lipinski definition) is 6. The molecule has 0 aromatic carbocycles. The largest absolute Gasteiger partial charge is 0.387 e. The third-order valence-electron chi connectivity index (χ3n) is 3.80. The molecule has 0 spiro atoms. The van der Waals surface area contributed by atoms with Crippen LogP contribution in [0, 0.1) is 11.3 Å². The number of aliphatic hydroxyl groups is 1. The van der Waals surface area contributed by atoms with E-state index in [2.05, 4.69) is 15.1 Å². The summed E-state index contributed by atoms with van der Waals surface area (Å²) in [6.45, 7) is 0.919. The highest BCUT2D eigenvalue weighted by molar-refractivity contribution is 7.10. The summed E-state index contributed by atoms with van der Waals surface area (Å²) < 4.78 is 0. The van der Waals surface area contributed by atoms with Gasteiger partial charge in [-0.2, -0.15) is 5.26 Å². The van der Waals surface area contributed by atoms with E-state index in [0.29, 0.717) is 12.1 Å². The molecule has 0 amide bonds. The molecule has 2 aromatic rings. The molecule has 1 N–H and O–H groups in total. The zero-order valence-corrected chi connectivity index (χ0v) is 12.3. The monoisotopic (exact) mass is 300 g/mol. The minimum atomic E-state index is -0.429. The van der Waals surface area contributed by atoms with E-state index in [0.717, 1.165) is 30.1 Å². The molecule has 108 valence electrons. The topological polar surface area (TPSA) is 73.0 Å². The number of nitrogens with zero attached hydrogens (tertiary/aromatic N) is 4. The van der Waals surface area contributed by atoms with E-state index in [9.17, 15) is 5.11 Å². The van der Waals surface area contributed by atoms with Crippen LogP contribution in [0.4, 0.5) is 5.82 Å². The summed E-state index contributed by atoms with van der Waals surface area (Å²) in [6, 6.07) is 9.69. The molecule has 6 heteroatoms. The second-order valence-corrected chi connectivity index (χ2v) is 6.12. The van der Waals surface area contributed by atoms with Gasteiger partial charge in [0.1, 0.15) is 6.07 Å². The first-order chi connectivity index (χ1) is 10.3. The standard InChI is InChI=1S/C15H16N4OS/c16-10-11-5-6-15(18-17-11)19-7-1-3-12(19)9-13(20)14-4-2-8-21-14/h2,4-6,8,12-13,20H,1,3,7,9H2. The van der Waals surface area contributed by atoms with Crippen molar-refractivity contribution in [1.29, 1.82) is 5.26 Å². The normalized spacial score (nSPS) is 19.4. The molecule has 3 heterocycles. The van der Waals surface area contributed by atoms with Crippen LogP contribution in [0.25, 0.3) is 0 Å². The maximum Gasteiger partial charge on any atom is 0.163 e. The van der Waals surface area contributed by atoms with E-state index in [4.69, 9.17) is 5.26 Å². The van der Waals surface area contributed by atoms with Crippen molar-refractivity contribution in [3.05, 3.63) is 40.2 Å². The Bertz CT molecular complexity index is 620. The molecule has 1 aliphatic heterocycles. The summed E-state index contributed by atoms with van der Waals surface area (Å²) in [5.41, 5.74) is 0.327. The van der Waals surface area contributed by atoms with Crippen LogP contribution < -0.4 is 4.90 Å². The van der Waals surface area contributed by atoms with Crippen molar-refractivity contribution in [2.45, 2.75) is 31.4 Å². The molecule has 0 saturated carbocycles. The molecule has 0 radical (unpaired) electrons. The van der Waals surface area contributed by atoms with Crippen LogP contribution in [-0.4, -0.2) is 27.9 Å². The Kier molecular flexibility index (Phi) is 4.13. The van der Waals surface area contributed by atoms with Gasteiger partial charge < -0.3 is 10.0 Å². The quantitative estimate of drug-likeness (QED) is 0.939. The summed E-state index contributed by atoms with van der Waals surface area (Å²) in [5.74, 6) is 0.787. The Morgan fingerprint density at radius 1 is 1.43 bits per heavy atom. The van der Waals surface area contributed by atoms with Crippen LogP contribution in [0.15, 0.2) is 29.6 Å². The van der Waals surface area contributed by atoms with Crippen LogP contribution in [0.5, 0.6) is 0 Å². The van der Waals surface area contributed by atoms with Crippen molar-refractivity contribution in [3.8, 4) is 6.07 Å². The van der Waals surface area contributed by atoms with Crippen LogP contribution >= 0.6 is 11.3 Å². The van der Waals surface area contributed by atoms with Gasteiger partial charge in [0.2, 0.25) is 0 Å². The lowest BCUT2D eigenvalue weighted by atomic mass is 10.1. The van der Waals surface area contributed by atoms with Gasteiger partial charge in [-0.1, -0.05) is 6.07 Å². The van der Waals surface area contributed by atoms with Gasteiger partial charge in [0.25, 0.3) is 0 Å². The van der Waals surface area contributed by atoms with Gasteiger partial charge in [-0.15, -0.1) is 21.5 Å². The van der Waals surface area contributed by atoms with Gasteiger partial charge in [-0.3, -0.25) is 0 Å². The molecule has 2 unspecified atom stereocenters. The van der Waals surface area contributed by atoms with Gasteiger partial charge in [-0.25, -0.2) is 0 Å². The van der Waals surface area contributed by atoms with Gasteiger partial charge >= 0.3 is 0 Å². The summed E-state index contributed by atoms with van der Waals surface area (Å²) in [4.78, 5) is 3.19. The third-order valence-corrected chi connectivity index (χ3v) is 4.78. The maximum absolute atomic E-state index is 10.3. The fraction of sp³-hybridized carbons (Fsp3) is 0.400. The molecule has 1 aliphatic rings. The van der Waals surface area contributed by atoms with Gasteiger partial charge in [0, 0.05) is 17.5 Å². The van der Waals surface area contributed by atoms with Gasteiger partial charge in [0.15, 0.2) is 11.5 Å². The Labute approximate surface area is 127 Å². The highest BCUT2D eigenvalue weighted by Crippen LogP contribution is 2.31. The number of rotatable bonds is 4. The first kappa shape index (κ1) is 14.0. The van der Waals surface area contributed by atoms with E-state index >= 15 is 0 Å². The molecule has 2 aromatic heterocycles. The second-order valence-electron chi connectivity index (χ2n) is 5.14. The zero-order chi connectivity index (χ0) is 14.7. The second kappa shape index (κ2) is 6.20. The number of nitriles is 1. The number of hydrogen-bond donors (Lipinski definition) is 1. The predicted molar refractivity (Wildman–Crippen MR) is 81.0 cm³/mol. The molecule has 21 heavy (non-hydrogen) atoms. The van der Waals surface area contributed by atoms with E-state index in [1.54, 1.807) is 17.4 Å². The van der Waals surface area contributed by atoms with Crippen molar-refractivity contribution in [2.24, 2.45) is 0 Å². The Balaban J connectivity index is 1.71. The van der Waals surface area contributed by atoms with Crippen LogP contribution in [0.3, 0.4) is 0 Å². The number of aromatic nitrogens is 2. The average molecular weight is 300 g/mol. The third kappa shape index (κ3) is 3.04. The minimum absolute atomic E-state index is 0.268. The van der Waals surface area contributed by atoms with Crippen molar-refractivity contribution in [3.63, 3.8) is 0 Å². The van der Waals surface area contributed by atoms with Gasteiger partial charge in [-0.05, 0) is 42.8 Å². The Morgan fingerprint density at radius 3 is 3.00 bits per heavy atom. The van der Waals surface area contributed by atoms with Crippen molar-refractivity contribution < 1.29 is 5.11 Å². The molecule has 5 nitrogen and oxygen atoms in total.